The minimum atomic E-state index is -1.14. The molecule has 1 aromatic carbocycles. The Kier molecular flexibility index (Phi) is 7.38. The fourth-order valence-corrected chi connectivity index (χ4v) is 3.98. The predicted molar refractivity (Wildman–Crippen MR) is 140 cm³/mol. The number of benzene rings is 1. The van der Waals surface area contributed by atoms with Crippen LogP contribution in [0.15, 0.2) is 51.3 Å². The van der Waals surface area contributed by atoms with Crippen molar-refractivity contribution in [3.05, 3.63) is 65.3 Å². The van der Waals surface area contributed by atoms with Crippen molar-refractivity contribution >= 4 is 17.5 Å². The second-order valence-electron chi connectivity index (χ2n) is 10.1. The SMILES string of the molecule is COc1ccc(C)cc1N(C(=O)Cn1nnc(-c2ccc(C)o2)n1)C(C(=O)NC(C)(C)C)c1ccc(C)o1. The van der Waals surface area contributed by atoms with E-state index in [4.69, 9.17) is 13.6 Å². The maximum Gasteiger partial charge on any atom is 0.251 e. The lowest BCUT2D eigenvalue weighted by atomic mass is 10.0. The molecule has 0 bridgehead atoms. The van der Waals surface area contributed by atoms with Crippen LogP contribution in [0.5, 0.6) is 5.75 Å². The number of aromatic nitrogens is 4. The average molecular weight is 521 g/mol. The van der Waals surface area contributed by atoms with E-state index in [1.54, 1.807) is 43.3 Å². The van der Waals surface area contributed by atoms with Crippen LogP contribution in [-0.2, 0) is 16.1 Å². The molecule has 0 saturated heterocycles. The first kappa shape index (κ1) is 26.6. The summed E-state index contributed by atoms with van der Waals surface area (Å²) in [5, 5.41) is 15.3. The molecule has 0 aliphatic carbocycles. The standard InChI is InChI=1S/C27H32N6O5/c1-16-8-11-20(36-7)19(14-16)33(24(21-12-9-17(2)37-21)26(35)28-27(4,5)6)23(34)15-32-30-25(29-31-32)22-13-10-18(3)38-22/h8-14,24H,15H2,1-7H3,(H,28,35). The first-order valence-corrected chi connectivity index (χ1v) is 12.1. The summed E-state index contributed by atoms with van der Waals surface area (Å²) in [7, 11) is 1.51. The Morgan fingerprint density at radius 3 is 2.37 bits per heavy atom. The third-order valence-corrected chi connectivity index (χ3v) is 5.59. The topological polar surface area (TPSA) is 129 Å². The number of carbonyl (C=O) groups is 2. The zero-order valence-electron chi connectivity index (χ0n) is 22.6. The molecular formula is C27H32N6O5. The zero-order chi connectivity index (χ0) is 27.6. The van der Waals surface area contributed by atoms with Gasteiger partial charge in [0.15, 0.2) is 11.8 Å². The second kappa shape index (κ2) is 10.5. The Balaban J connectivity index is 1.79. The summed E-state index contributed by atoms with van der Waals surface area (Å²) >= 11 is 0. The first-order chi connectivity index (χ1) is 17.9. The van der Waals surface area contributed by atoms with Gasteiger partial charge >= 0.3 is 0 Å². The highest BCUT2D eigenvalue weighted by Crippen LogP contribution is 2.37. The summed E-state index contributed by atoms with van der Waals surface area (Å²) in [5.74, 6) is 1.82. The normalized spacial score (nSPS) is 12.3. The van der Waals surface area contributed by atoms with Crippen molar-refractivity contribution in [2.24, 2.45) is 0 Å². The minimum absolute atomic E-state index is 0.245. The lowest BCUT2D eigenvalue weighted by molar-refractivity contribution is -0.128. The Morgan fingerprint density at radius 2 is 1.76 bits per heavy atom. The molecule has 4 rings (SSSR count). The highest BCUT2D eigenvalue weighted by atomic mass is 16.5. The highest BCUT2D eigenvalue weighted by Gasteiger charge is 2.38. The number of hydrogen-bond acceptors (Lipinski definition) is 8. The van der Waals surface area contributed by atoms with Gasteiger partial charge in [-0.1, -0.05) is 6.07 Å². The highest BCUT2D eigenvalue weighted by molar-refractivity contribution is 6.02. The Hall–Kier alpha value is -4.41. The first-order valence-electron chi connectivity index (χ1n) is 12.1. The van der Waals surface area contributed by atoms with E-state index >= 15 is 0 Å². The molecule has 3 heterocycles. The molecular weight excluding hydrogens is 488 g/mol. The van der Waals surface area contributed by atoms with E-state index in [1.165, 1.54) is 12.0 Å². The molecule has 0 aliphatic rings. The number of hydrogen-bond donors (Lipinski definition) is 1. The lowest BCUT2D eigenvalue weighted by Crippen LogP contribution is -2.50. The molecule has 1 N–H and O–H groups in total. The van der Waals surface area contributed by atoms with Gasteiger partial charge in [-0.05, 0) is 88.7 Å². The maximum atomic E-state index is 14.0. The molecule has 11 heteroatoms. The molecule has 38 heavy (non-hydrogen) atoms. The van der Waals surface area contributed by atoms with E-state index in [2.05, 4.69) is 20.7 Å². The van der Waals surface area contributed by atoms with Gasteiger partial charge in [-0.25, -0.2) is 0 Å². The number of tetrazole rings is 1. The van der Waals surface area contributed by atoms with Crippen LogP contribution in [-0.4, -0.2) is 44.7 Å². The van der Waals surface area contributed by atoms with Crippen LogP contribution in [0.3, 0.4) is 0 Å². The van der Waals surface area contributed by atoms with Crippen molar-refractivity contribution in [2.75, 3.05) is 12.0 Å². The summed E-state index contributed by atoms with van der Waals surface area (Å²) < 4.78 is 17.1. The molecule has 0 spiro atoms. The second-order valence-corrected chi connectivity index (χ2v) is 10.1. The number of aryl methyl sites for hydroxylation is 3. The number of amides is 2. The Morgan fingerprint density at radius 1 is 1.05 bits per heavy atom. The summed E-state index contributed by atoms with van der Waals surface area (Å²) in [6.45, 7) is 10.8. The zero-order valence-corrected chi connectivity index (χ0v) is 22.6. The summed E-state index contributed by atoms with van der Waals surface area (Å²) in [4.78, 5) is 30.3. The van der Waals surface area contributed by atoms with E-state index in [0.717, 1.165) is 10.4 Å². The minimum Gasteiger partial charge on any atom is -0.495 e. The van der Waals surface area contributed by atoms with Crippen molar-refractivity contribution in [2.45, 2.75) is 59.7 Å². The molecule has 11 nitrogen and oxygen atoms in total. The Labute approximate surface area is 220 Å². The maximum absolute atomic E-state index is 14.0. The fourth-order valence-electron chi connectivity index (χ4n) is 3.98. The molecule has 1 unspecified atom stereocenters. The quantitative estimate of drug-likeness (QED) is 0.367. The van der Waals surface area contributed by atoms with Crippen molar-refractivity contribution in [3.8, 4) is 17.3 Å². The summed E-state index contributed by atoms with van der Waals surface area (Å²) in [6, 6.07) is 11.2. The number of nitrogens with zero attached hydrogens (tertiary/aromatic N) is 5. The van der Waals surface area contributed by atoms with E-state index in [1.807, 2.05) is 40.7 Å². The summed E-state index contributed by atoms with van der Waals surface area (Å²) in [5.41, 5.74) is 0.715. The van der Waals surface area contributed by atoms with Gasteiger partial charge in [0, 0.05) is 5.54 Å². The van der Waals surface area contributed by atoms with E-state index in [0.29, 0.717) is 34.5 Å². The molecule has 0 radical (unpaired) electrons. The van der Waals surface area contributed by atoms with Crippen molar-refractivity contribution in [3.63, 3.8) is 0 Å². The predicted octanol–water partition coefficient (Wildman–Crippen LogP) is 4.15. The van der Waals surface area contributed by atoms with Crippen LogP contribution in [0.4, 0.5) is 5.69 Å². The average Bonchev–Trinajstić information content (AvgIpc) is 3.57. The molecule has 4 aromatic rings. The van der Waals surface area contributed by atoms with Gasteiger partial charge in [-0.3, -0.25) is 14.5 Å². The molecule has 3 aromatic heterocycles. The number of furan rings is 2. The van der Waals surface area contributed by atoms with Crippen LogP contribution < -0.4 is 15.0 Å². The van der Waals surface area contributed by atoms with Crippen LogP contribution in [0.2, 0.25) is 0 Å². The van der Waals surface area contributed by atoms with Crippen molar-refractivity contribution < 1.29 is 23.2 Å². The van der Waals surface area contributed by atoms with Gasteiger partial charge in [0.05, 0.1) is 12.8 Å². The molecule has 200 valence electrons. The van der Waals surface area contributed by atoms with Crippen molar-refractivity contribution in [1.82, 2.24) is 25.5 Å². The number of ether oxygens (including phenoxy) is 1. The van der Waals surface area contributed by atoms with Gasteiger partial charge in [0.2, 0.25) is 5.82 Å². The van der Waals surface area contributed by atoms with Gasteiger partial charge in [0.25, 0.3) is 11.8 Å². The van der Waals surface area contributed by atoms with Gasteiger partial charge in [-0.2, -0.15) is 4.80 Å². The van der Waals surface area contributed by atoms with Gasteiger partial charge < -0.3 is 18.9 Å². The van der Waals surface area contributed by atoms with E-state index < -0.39 is 23.4 Å². The Bertz CT molecular complexity index is 1440. The number of rotatable bonds is 8. The largest absolute Gasteiger partial charge is 0.495 e. The van der Waals surface area contributed by atoms with Crippen LogP contribution in [0.1, 0.15) is 49.7 Å². The number of nitrogens with one attached hydrogen (secondary N) is 1. The molecule has 1 atom stereocenters. The van der Waals surface area contributed by atoms with E-state index in [-0.39, 0.29) is 12.4 Å². The molecule has 0 saturated carbocycles. The third kappa shape index (κ3) is 5.93. The summed E-state index contributed by atoms with van der Waals surface area (Å²) in [6.07, 6.45) is 0. The lowest BCUT2D eigenvalue weighted by Gasteiger charge is -2.33. The van der Waals surface area contributed by atoms with Gasteiger partial charge in [0.1, 0.15) is 29.6 Å². The smallest absolute Gasteiger partial charge is 0.251 e. The van der Waals surface area contributed by atoms with Crippen molar-refractivity contribution in [1.29, 1.82) is 0 Å². The number of anilines is 1. The van der Waals surface area contributed by atoms with Gasteiger partial charge in [-0.15, -0.1) is 10.2 Å². The monoisotopic (exact) mass is 520 g/mol. The van der Waals surface area contributed by atoms with E-state index in [9.17, 15) is 9.59 Å². The molecule has 0 fully saturated rings. The third-order valence-electron chi connectivity index (χ3n) is 5.59. The number of carbonyl (C=O) groups excluding carboxylic acids is 2. The van der Waals surface area contributed by atoms with Crippen LogP contribution >= 0.6 is 0 Å². The molecule has 0 aliphatic heterocycles. The fraction of sp³-hybridized carbons (Fsp3) is 0.370. The molecule has 2 amide bonds. The van der Waals surface area contributed by atoms with Crippen LogP contribution in [0, 0.1) is 20.8 Å². The number of methoxy groups -OCH3 is 1. The van der Waals surface area contributed by atoms with Crippen LogP contribution in [0.25, 0.3) is 11.6 Å².